The van der Waals surface area contributed by atoms with Crippen LogP contribution in [0, 0.1) is 11.3 Å². The molecule has 2 aromatic rings. The number of aromatic amines is 1. The molecule has 9 nitrogen and oxygen atoms in total. The fourth-order valence-corrected chi connectivity index (χ4v) is 4.31. The highest BCUT2D eigenvalue weighted by Crippen LogP contribution is 2.26. The number of halogens is 1. The number of hydrogen-bond acceptors (Lipinski definition) is 5. The van der Waals surface area contributed by atoms with E-state index in [4.69, 9.17) is 5.41 Å². The third-order valence-corrected chi connectivity index (χ3v) is 6.91. The smallest absolute Gasteiger partial charge is 0.270 e. The number of carbonyl (C=O) groups is 2. The Bertz CT molecular complexity index is 1120. The summed E-state index contributed by atoms with van der Waals surface area (Å²) >= 11 is 0. The van der Waals surface area contributed by atoms with Crippen LogP contribution in [0.3, 0.4) is 0 Å². The largest absolute Gasteiger partial charge is 0.356 e. The second-order valence-corrected chi connectivity index (χ2v) is 11.3. The van der Waals surface area contributed by atoms with Crippen molar-refractivity contribution in [1.29, 1.82) is 5.41 Å². The monoisotopic (exact) mass is 543 g/mol. The molecule has 0 saturated carbocycles. The van der Waals surface area contributed by atoms with Gasteiger partial charge in [-0.1, -0.05) is 32.3 Å². The number of carbonyl (C=O) groups excluding carboxylic acids is 2. The summed E-state index contributed by atoms with van der Waals surface area (Å²) in [5, 5.41) is 17.6. The zero-order chi connectivity index (χ0) is 29.2. The van der Waals surface area contributed by atoms with Crippen LogP contribution in [0.1, 0.15) is 114 Å². The number of nitrogens with one attached hydrogen (secondary N) is 4. The minimum absolute atomic E-state index is 0.0230. The van der Waals surface area contributed by atoms with Crippen LogP contribution in [0.15, 0.2) is 30.1 Å². The first-order chi connectivity index (χ1) is 18.3. The number of aromatic nitrogens is 4. The van der Waals surface area contributed by atoms with Gasteiger partial charge >= 0.3 is 0 Å². The molecule has 216 valence electrons. The molecule has 1 aliphatic heterocycles. The Morgan fingerprint density at radius 2 is 2.08 bits per heavy atom. The molecule has 3 rings (SSSR count). The van der Waals surface area contributed by atoms with Crippen LogP contribution in [-0.2, 0) is 11.8 Å². The summed E-state index contributed by atoms with van der Waals surface area (Å²) in [5.41, 5.74) is 1.63. The van der Waals surface area contributed by atoms with E-state index >= 15 is 0 Å². The van der Waals surface area contributed by atoms with Crippen molar-refractivity contribution >= 4 is 17.5 Å². The maximum atomic E-state index is 13.8. The molecule has 2 aromatic heterocycles. The predicted molar refractivity (Wildman–Crippen MR) is 153 cm³/mol. The summed E-state index contributed by atoms with van der Waals surface area (Å²) < 4.78 is 15.4. The minimum atomic E-state index is -1.19. The number of hydrogen-bond donors (Lipinski definition) is 4. The van der Waals surface area contributed by atoms with Gasteiger partial charge in [0, 0.05) is 37.8 Å². The number of alkyl halides is 1. The summed E-state index contributed by atoms with van der Waals surface area (Å²) in [7, 11) is 1.73. The Labute approximate surface area is 232 Å². The Balaban J connectivity index is 0.000000568. The van der Waals surface area contributed by atoms with Crippen LogP contribution < -0.4 is 10.6 Å². The highest BCUT2D eigenvalue weighted by molar-refractivity contribution is 5.92. The molecule has 0 spiro atoms. The van der Waals surface area contributed by atoms with Crippen molar-refractivity contribution in [3.63, 3.8) is 0 Å². The van der Waals surface area contributed by atoms with E-state index in [-0.39, 0.29) is 23.8 Å². The lowest BCUT2D eigenvalue weighted by molar-refractivity contribution is -0.122. The van der Waals surface area contributed by atoms with Gasteiger partial charge in [-0.3, -0.25) is 14.3 Å². The quantitative estimate of drug-likeness (QED) is 0.219. The maximum absolute atomic E-state index is 13.8. The lowest BCUT2D eigenvalue weighted by Gasteiger charge is -2.19. The van der Waals surface area contributed by atoms with Crippen molar-refractivity contribution < 1.29 is 14.0 Å². The number of allylic oxidation sites excluding steroid dienone is 2. The lowest BCUT2D eigenvalue weighted by Crippen LogP contribution is -2.33. The number of piperidine rings is 1. The minimum Gasteiger partial charge on any atom is -0.356 e. The molecular formula is C29H46FN7O2. The van der Waals surface area contributed by atoms with E-state index in [0.717, 1.165) is 49.3 Å². The third-order valence-electron chi connectivity index (χ3n) is 6.91. The van der Waals surface area contributed by atoms with Crippen LogP contribution in [0.25, 0.3) is 0 Å². The first-order valence-electron chi connectivity index (χ1n) is 13.8. The maximum Gasteiger partial charge on any atom is 0.270 e. The zero-order valence-corrected chi connectivity index (χ0v) is 24.5. The number of unbranched alkanes of at least 4 members (excludes halogenated alkanes) is 1. The number of aryl methyl sites for hydroxylation is 1. The fraction of sp³-hybridized carbons (Fsp3) is 0.621. The molecule has 0 radical (unpaired) electrons. The van der Waals surface area contributed by atoms with E-state index in [1.54, 1.807) is 46.3 Å². The predicted octanol–water partition coefficient (Wildman–Crippen LogP) is 5.54. The van der Waals surface area contributed by atoms with E-state index in [1.165, 1.54) is 4.68 Å². The number of nitrogens with zero attached hydrogens (tertiary/aromatic N) is 3. The normalized spacial score (nSPS) is 17.5. The molecule has 0 aromatic carbocycles. The summed E-state index contributed by atoms with van der Waals surface area (Å²) in [4.78, 5) is 31.2. The molecule has 1 fully saturated rings. The number of H-pyrrole nitrogens is 1. The van der Waals surface area contributed by atoms with Gasteiger partial charge in [0.2, 0.25) is 5.91 Å². The Morgan fingerprint density at radius 3 is 2.62 bits per heavy atom. The van der Waals surface area contributed by atoms with Gasteiger partial charge in [-0.2, -0.15) is 5.10 Å². The summed E-state index contributed by atoms with van der Waals surface area (Å²) in [6, 6.07) is 1.40. The Kier molecular flexibility index (Phi) is 12.1. The Hall–Kier alpha value is -3.30. The van der Waals surface area contributed by atoms with Crippen LogP contribution in [0.2, 0.25) is 0 Å². The molecule has 1 aliphatic rings. The van der Waals surface area contributed by atoms with Gasteiger partial charge in [0.1, 0.15) is 17.2 Å². The van der Waals surface area contributed by atoms with Crippen molar-refractivity contribution in [2.45, 2.75) is 97.7 Å². The topological polar surface area (TPSA) is 129 Å². The van der Waals surface area contributed by atoms with Gasteiger partial charge in [-0.25, -0.2) is 9.37 Å². The molecule has 3 heterocycles. The van der Waals surface area contributed by atoms with Crippen molar-refractivity contribution in [1.82, 2.24) is 30.4 Å². The molecule has 10 heteroatoms. The Morgan fingerprint density at radius 1 is 1.36 bits per heavy atom. The van der Waals surface area contributed by atoms with E-state index in [1.807, 2.05) is 19.9 Å². The third kappa shape index (κ3) is 11.1. The van der Waals surface area contributed by atoms with Crippen molar-refractivity contribution in [2.75, 3.05) is 6.54 Å². The van der Waals surface area contributed by atoms with E-state index in [9.17, 15) is 14.0 Å². The van der Waals surface area contributed by atoms with Gasteiger partial charge in [0.05, 0.1) is 17.9 Å². The van der Waals surface area contributed by atoms with Crippen molar-refractivity contribution in [2.24, 2.45) is 13.0 Å². The molecule has 3 unspecified atom stereocenters. The molecule has 4 N–H and O–H groups in total. The molecule has 0 bridgehead atoms. The molecule has 1 saturated heterocycles. The van der Waals surface area contributed by atoms with Crippen molar-refractivity contribution in [3.05, 3.63) is 47.3 Å². The SMILES string of the molecule is CC(=N)/C=C(/C)C(C)c1ncc(C(CCCCC(C)(C)F)NC(=O)c2ccnn2C)[nH]1.CC1CCC(=O)NC1. The van der Waals surface area contributed by atoms with E-state index in [0.29, 0.717) is 30.2 Å². The molecule has 39 heavy (non-hydrogen) atoms. The summed E-state index contributed by atoms with van der Waals surface area (Å²) in [6.45, 7) is 12.0. The first kappa shape index (κ1) is 31.9. The fourth-order valence-electron chi connectivity index (χ4n) is 4.31. The van der Waals surface area contributed by atoms with Gasteiger partial charge in [-0.05, 0) is 65.0 Å². The average molecular weight is 544 g/mol. The van der Waals surface area contributed by atoms with Crippen LogP contribution in [0.5, 0.6) is 0 Å². The van der Waals surface area contributed by atoms with Gasteiger partial charge in [0.25, 0.3) is 5.91 Å². The average Bonchev–Trinajstić information content (AvgIpc) is 3.51. The van der Waals surface area contributed by atoms with Gasteiger partial charge in [-0.15, -0.1) is 0 Å². The second-order valence-electron chi connectivity index (χ2n) is 11.3. The molecular weight excluding hydrogens is 497 g/mol. The van der Waals surface area contributed by atoms with Gasteiger partial charge in [0.15, 0.2) is 0 Å². The summed E-state index contributed by atoms with van der Waals surface area (Å²) in [6.07, 6.45) is 9.62. The van der Waals surface area contributed by atoms with E-state index in [2.05, 4.69) is 32.6 Å². The lowest BCUT2D eigenvalue weighted by atomic mass is 9.99. The number of amides is 2. The van der Waals surface area contributed by atoms with Crippen LogP contribution >= 0.6 is 0 Å². The van der Waals surface area contributed by atoms with Crippen LogP contribution in [0.4, 0.5) is 4.39 Å². The first-order valence-corrected chi connectivity index (χ1v) is 13.8. The van der Waals surface area contributed by atoms with Crippen LogP contribution in [-0.4, -0.2) is 49.5 Å². The number of imidazole rings is 1. The molecule has 0 aliphatic carbocycles. The highest BCUT2D eigenvalue weighted by atomic mass is 19.1. The van der Waals surface area contributed by atoms with Gasteiger partial charge < -0.3 is 21.0 Å². The highest BCUT2D eigenvalue weighted by Gasteiger charge is 2.22. The standard InChI is InChI=1S/C23H35FN6O.C6H11NO/c1-15(13-16(2)25)17(3)21-26-14-19(28-21)18(9-7-8-11-23(4,5)24)29-22(31)20-10-12-27-30(20)6;1-5-2-3-6(8)7-4-5/h10,12-14,17-18,25H,7-9,11H2,1-6H3,(H,26,28)(H,29,31);5H,2-4H2,1H3,(H,7,8)/b15-13-,25-16?;. The number of rotatable bonds is 11. The van der Waals surface area contributed by atoms with Crippen molar-refractivity contribution in [3.8, 4) is 0 Å². The molecule has 3 atom stereocenters. The van der Waals surface area contributed by atoms with E-state index < -0.39 is 5.67 Å². The summed E-state index contributed by atoms with van der Waals surface area (Å²) in [5.74, 6) is 1.50. The zero-order valence-electron chi connectivity index (χ0n) is 24.5. The molecule has 2 amide bonds. The second kappa shape index (κ2) is 14.7.